The summed E-state index contributed by atoms with van der Waals surface area (Å²) in [4.78, 5) is 0.949. The van der Waals surface area contributed by atoms with Crippen molar-refractivity contribution in [1.82, 2.24) is 5.32 Å². The van der Waals surface area contributed by atoms with Gasteiger partial charge in [0.1, 0.15) is 0 Å². The third-order valence-electron chi connectivity index (χ3n) is 3.08. The van der Waals surface area contributed by atoms with E-state index in [0.29, 0.717) is 11.8 Å². The fourth-order valence-electron chi connectivity index (χ4n) is 1.74. The van der Waals surface area contributed by atoms with Gasteiger partial charge in [-0.15, -0.1) is 0 Å². The number of rotatable bonds is 6. The van der Waals surface area contributed by atoms with Crippen molar-refractivity contribution in [1.29, 1.82) is 0 Å². The zero-order valence-corrected chi connectivity index (χ0v) is 12.1. The van der Waals surface area contributed by atoms with E-state index in [1.54, 1.807) is 0 Å². The average Bonchev–Trinajstić information content (AvgIpc) is 2.31. The Bertz CT molecular complexity index is 390. The van der Waals surface area contributed by atoms with Crippen LogP contribution < -0.4 is 5.32 Å². The second-order valence-electron chi connectivity index (χ2n) is 4.42. The van der Waals surface area contributed by atoms with E-state index >= 15 is 0 Å². The molecule has 0 fully saturated rings. The number of hydrogen-bond acceptors (Lipinski definition) is 2. The molecular weight excluding hydrogens is 230 g/mol. The Hall–Kier alpha value is -0.670. The summed E-state index contributed by atoms with van der Waals surface area (Å²) in [6.07, 6.45) is 1.02. The van der Waals surface area contributed by atoms with Gasteiger partial charge in [0.2, 0.25) is 0 Å². The van der Waals surface area contributed by atoms with Gasteiger partial charge in [-0.05, 0) is 50.1 Å². The molecule has 0 bridgehead atoms. The molecular formula is C14H23NOS. The first-order valence-electron chi connectivity index (χ1n) is 6.27. The Balaban J connectivity index is 2.72. The van der Waals surface area contributed by atoms with Crippen LogP contribution >= 0.6 is 0 Å². The normalized spacial score (nSPS) is 14.6. The van der Waals surface area contributed by atoms with Gasteiger partial charge in [0, 0.05) is 16.7 Å². The molecule has 3 heteroatoms. The molecule has 0 saturated carbocycles. The van der Waals surface area contributed by atoms with E-state index in [0.717, 1.165) is 17.9 Å². The van der Waals surface area contributed by atoms with Crippen molar-refractivity contribution >= 4 is 10.8 Å². The summed E-state index contributed by atoms with van der Waals surface area (Å²) in [5, 5.41) is 3.37. The maximum Gasteiger partial charge on any atom is 0.0545 e. The number of aryl methyl sites for hydroxylation is 2. The molecule has 1 rings (SSSR count). The van der Waals surface area contributed by atoms with Crippen LogP contribution in [0, 0.1) is 13.8 Å². The second-order valence-corrected chi connectivity index (χ2v) is 5.92. The van der Waals surface area contributed by atoms with Gasteiger partial charge < -0.3 is 5.32 Å². The van der Waals surface area contributed by atoms with Crippen LogP contribution in [0.15, 0.2) is 23.1 Å². The highest BCUT2D eigenvalue weighted by atomic mass is 32.2. The largest absolute Gasteiger partial charge is 0.313 e. The molecule has 1 aromatic carbocycles. The predicted octanol–water partition coefficient (Wildman–Crippen LogP) is 2.80. The highest BCUT2D eigenvalue weighted by Gasteiger charge is 2.11. The maximum atomic E-state index is 12.2. The topological polar surface area (TPSA) is 29.1 Å². The lowest BCUT2D eigenvalue weighted by molar-refractivity contribution is 0.553. The minimum atomic E-state index is -0.896. The molecule has 2 unspecified atom stereocenters. The van der Waals surface area contributed by atoms with E-state index in [2.05, 4.69) is 39.1 Å². The van der Waals surface area contributed by atoms with Gasteiger partial charge in [-0.1, -0.05) is 19.9 Å². The Morgan fingerprint density at radius 2 is 1.94 bits per heavy atom. The standard InChI is InChI=1S/C14H23NOS/c1-5-13(15-6-2)10-17(16)14-8-7-11(3)12(4)9-14/h7-9,13,15H,5-6,10H2,1-4H3. The molecule has 0 aliphatic rings. The van der Waals surface area contributed by atoms with Crippen LogP contribution in [0.25, 0.3) is 0 Å². The lowest BCUT2D eigenvalue weighted by Crippen LogP contribution is -2.33. The van der Waals surface area contributed by atoms with E-state index in [9.17, 15) is 4.21 Å². The first kappa shape index (κ1) is 14.4. The third-order valence-corrected chi connectivity index (χ3v) is 4.56. The predicted molar refractivity (Wildman–Crippen MR) is 74.9 cm³/mol. The number of nitrogens with one attached hydrogen (secondary N) is 1. The molecule has 0 radical (unpaired) electrons. The molecule has 0 aliphatic heterocycles. The fourth-order valence-corrected chi connectivity index (χ4v) is 3.18. The Morgan fingerprint density at radius 1 is 1.24 bits per heavy atom. The average molecular weight is 253 g/mol. The summed E-state index contributed by atoms with van der Waals surface area (Å²) < 4.78 is 12.2. The van der Waals surface area contributed by atoms with E-state index < -0.39 is 10.8 Å². The Kier molecular flexibility index (Phi) is 5.86. The zero-order valence-electron chi connectivity index (χ0n) is 11.2. The molecule has 0 saturated heterocycles. The van der Waals surface area contributed by atoms with Gasteiger partial charge in [0.05, 0.1) is 10.8 Å². The first-order valence-corrected chi connectivity index (χ1v) is 7.59. The van der Waals surface area contributed by atoms with Gasteiger partial charge in [0.15, 0.2) is 0 Å². The SMILES string of the molecule is CCNC(CC)CS(=O)c1ccc(C)c(C)c1. The van der Waals surface area contributed by atoms with Crippen LogP contribution in [0.5, 0.6) is 0 Å². The molecule has 0 spiro atoms. The molecule has 1 N–H and O–H groups in total. The lowest BCUT2D eigenvalue weighted by atomic mass is 10.1. The monoisotopic (exact) mass is 253 g/mol. The van der Waals surface area contributed by atoms with E-state index in [4.69, 9.17) is 0 Å². The Labute approximate surface area is 107 Å². The van der Waals surface area contributed by atoms with Gasteiger partial charge in [-0.25, -0.2) is 0 Å². The van der Waals surface area contributed by atoms with E-state index in [1.807, 2.05) is 12.1 Å². The summed E-state index contributed by atoms with van der Waals surface area (Å²) in [6.45, 7) is 9.29. The smallest absolute Gasteiger partial charge is 0.0545 e. The molecule has 2 atom stereocenters. The van der Waals surface area contributed by atoms with Crippen molar-refractivity contribution in [3.8, 4) is 0 Å². The van der Waals surface area contributed by atoms with Crippen molar-refractivity contribution in [3.63, 3.8) is 0 Å². The van der Waals surface area contributed by atoms with Gasteiger partial charge in [-0.3, -0.25) is 4.21 Å². The quantitative estimate of drug-likeness (QED) is 0.844. The highest BCUT2D eigenvalue weighted by Crippen LogP contribution is 2.14. The fraction of sp³-hybridized carbons (Fsp3) is 0.571. The maximum absolute atomic E-state index is 12.2. The van der Waals surface area contributed by atoms with Crippen LogP contribution in [0.1, 0.15) is 31.4 Å². The van der Waals surface area contributed by atoms with Crippen molar-refractivity contribution in [3.05, 3.63) is 29.3 Å². The van der Waals surface area contributed by atoms with E-state index in [1.165, 1.54) is 11.1 Å². The molecule has 2 nitrogen and oxygen atoms in total. The molecule has 0 aliphatic carbocycles. The van der Waals surface area contributed by atoms with Crippen molar-refractivity contribution < 1.29 is 4.21 Å². The first-order chi connectivity index (χ1) is 8.08. The van der Waals surface area contributed by atoms with Crippen LogP contribution in [0.2, 0.25) is 0 Å². The van der Waals surface area contributed by atoms with Crippen LogP contribution in [-0.4, -0.2) is 22.5 Å². The minimum absolute atomic E-state index is 0.349. The number of hydrogen-bond donors (Lipinski definition) is 1. The van der Waals surface area contributed by atoms with Crippen molar-refractivity contribution in [2.75, 3.05) is 12.3 Å². The molecule has 17 heavy (non-hydrogen) atoms. The second kappa shape index (κ2) is 6.92. The third kappa shape index (κ3) is 4.25. The van der Waals surface area contributed by atoms with E-state index in [-0.39, 0.29) is 0 Å². The van der Waals surface area contributed by atoms with Crippen LogP contribution in [0.4, 0.5) is 0 Å². The number of benzene rings is 1. The summed E-state index contributed by atoms with van der Waals surface area (Å²) in [7, 11) is -0.896. The summed E-state index contributed by atoms with van der Waals surface area (Å²) >= 11 is 0. The van der Waals surface area contributed by atoms with Gasteiger partial charge in [0.25, 0.3) is 0 Å². The van der Waals surface area contributed by atoms with Gasteiger partial charge in [-0.2, -0.15) is 0 Å². The highest BCUT2D eigenvalue weighted by molar-refractivity contribution is 7.85. The van der Waals surface area contributed by atoms with Crippen LogP contribution in [0.3, 0.4) is 0 Å². The Morgan fingerprint density at radius 3 is 2.47 bits per heavy atom. The van der Waals surface area contributed by atoms with Crippen molar-refractivity contribution in [2.45, 2.75) is 45.1 Å². The molecule has 1 aromatic rings. The zero-order chi connectivity index (χ0) is 12.8. The summed E-state index contributed by atoms with van der Waals surface area (Å²) in [5.74, 6) is 0.701. The molecule has 96 valence electrons. The lowest BCUT2D eigenvalue weighted by Gasteiger charge is -2.15. The summed E-state index contributed by atoms with van der Waals surface area (Å²) in [5.41, 5.74) is 2.47. The summed E-state index contributed by atoms with van der Waals surface area (Å²) in [6, 6.07) is 6.43. The van der Waals surface area contributed by atoms with Gasteiger partial charge >= 0.3 is 0 Å². The molecule has 0 amide bonds. The molecule has 0 heterocycles. The molecule has 0 aromatic heterocycles. The van der Waals surface area contributed by atoms with Crippen LogP contribution in [-0.2, 0) is 10.8 Å². The minimum Gasteiger partial charge on any atom is -0.313 e. The van der Waals surface area contributed by atoms with Crippen molar-refractivity contribution in [2.24, 2.45) is 0 Å².